The molecule has 0 unspecified atom stereocenters. The third kappa shape index (κ3) is 5.07. The Labute approximate surface area is 152 Å². The van der Waals surface area contributed by atoms with E-state index in [0.29, 0.717) is 19.6 Å². The summed E-state index contributed by atoms with van der Waals surface area (Å²) in [6.45, 7) is 1.00. The molecule has 1 atom stereocenters. The highest BCUT2D eigenvalue weighted by Crippen LogP contribution is 2.14. The number of carbonyl (C=O) groups excluding carboxylic acids is 2. The summed E-state index contributed by atoms with van der Waals surface area (Å²) in [6.07, 6.45) is 0.728. The van der Waals surface area contributed by atoms with Gasteiger partial charge in [-0.25, -0.2) is 9.86 Å². The third-order valence-electron chi connectivity index (χ3n) is 4.13. The van der Waals surface area contributed by atoms with Crippen LogP contribution in [0.3, 0.4) is 0 Å². The van der Waals surface area contributed by atoms with Crippen molar-refractivity contribution < 1.29 is 19.2 Å². The SMILES string of the molecule is O=C(N[C@@H]1CCCN(OCc2ccccc2)C1=O)OCc1ccccc1. The summed E-state index contributed by atoms with van der Waals surface area (Å²) >= 11 is 0. The number of rotatable bonds is 6. The quantitative estimate of drug-likeness (QED) is 0.866. The van der Waals surface area contributed by atoms with Crippen LogP contribution in [-0.4, -0.2) is 29.7 Å². The molecule has 0 bridgehead atoms. The summed E-state index contributed by atoms with van der Waals surface area (Å²) in [7, 11) is 0. The van der Waals surface area contributed by atoms with E-state index in [-0.39, 0.29) is 12.5 Å². The van der Waals surface area contributed by atoms with Gasteiger partial charge in [0.1, 0.15) is 19.3 Å². The van der Waals surface area contributed by atoms with Crippen LogP contribution in [0.1, 0.15) is 24.0 Å². The van der Waals surface area contributed by atoms with Crippen LogP contribution in [0.2, 0.25) is 0 Å². The first-order valence-corrected chi connectivity index (χ1v) is 8.68. The van der Waals surface area contributed by atoms with Crippen LogP contribution in [0.15, 0.2) is 60.7 Å². The Morgan fingerprint density at radius 3 is 2.27 bits per heavy atom. The zero-order valence-corrected chi connectivity index (χ0v) is 14.5. The molecule has 1 fully saturated rings. The van der Waals surface area contributed by atoms with Crippen molar-refractivity contribution in [3.8, 4) is 0 Å². The van der Waals surface area contributed by atoms with Gasteiger partial charge in [0, 0.05) is 6.54 Å². The minimum Gasteiger partial charge on any atom is -0.445 e. The Hall–Kier alpha value is -2.86. The molecule has 26 heavy (non-hydrogen) atoms. The number of carbonyl (C=O) groups is 2. The second-order valence-corrected chi connectivity index (χ2v) is 6.10. The number of nitrogens with zero attached hydrogens (tertiary/aromatic N) is 1. The average Bonchev–Trinajstić information content (AvgIpc) is 2.69. The van der Waals surface area contributed by atoms with E-state index in [4.69, 9.17) is 9.57 Å². The highest BCUT2D eigenvalue weighted by molar-refractivity contribution is 5.85. The number of nitrogens with one attached hydrogen (secondary N) is 1. The number of alkyl carbamates (subject to hydrolysis) is 1. The molecule has 2 aromatic rings. The molecule has 1 aliphatic heterocycles. The second-order valence-electron chi connectivity index (χ2n) is 6.10. The van der Waals surface area contributed by atoms with Crippen molar-refractivity contribution in [3.63, 3.8) is 0 Å². The summed E-state index contributed by atoms with van der Waals surface area (Å²) < 4.78 is 5.18. The molecule has 2 amide bonds. The maximum Gasteiger partial charge on any atom is 0.408 e. The molecule has 0 aromatic heterocycles. The van der Waals surface area contributed by atoms with Gasteiger partial charge in [-0.05, 0) is 24.0 Å². The highest BCUT2D eigenvalue weighted by Gasteiger charge is 2.31. The van der Waals surface area contributed by atoms with Crippen LogP contribution in [0.5, 0.6) is 0 Å². The van der Waals surface area contributed by atoms with Crippen molar-refractivity contribution in [2.24, 2.45) is 0 Å². The van der Waals surface area contributed by atoms with Gasteiger partial charge in [0.25, 0.3) is 5.91 Å². The topological polar surface area (TPSA) is 67.9 Å². The van der Waals surface area contributed by atoms with Gasteiger partial charge in [-0.1, -0.05) is 60.7 Å². The number of hydrogen-bond acceptors (Lipinski definition) is 4. The summed E-state index contributed by atoms with van der Waals surface area (Å²) in [6, 6.07) is 18.4. The number of hydroxylamine groups is 2. The highest BCUT2D eigenvalue weighted by atomic mass is 16.7. The fraction of sp³-hybridized carbons (Fsp3) is 0.300. The van der Waals surface area contributed by atoms with E-state index in [1.54, 1.807) is 0 Å². The Bertz CT molecular complexity index is 721. The molecule has 1 N–H and O–H groups in total. The lowest BCUT2D eigenvalue weighted by molar-refractivity contribution is -0.199. The lowest BCUT2D eigenvalue weighted by Gasteiger charge is -2.31. The summed E-state index contributed by atoms with van der Waals surface area (Å²) in [5.74, 6) is -0.246. The van der Waals surface area contributed by atoms with Crippen LogP contribution in [0, 0.1) is 0 Å². The molecular weight excluding hydrogens is 332 g/mol. The second kappa shape index (κ2) is 9.01. The molecule has 1 saturated heterocycles. The zero-order valence-electron chi connectivity index (χ0n) is 14.5. The van der Waals surface area contributed by atoms with E-state index in [1.807, 2.05) is 60.7 Å². The zero-order chi connectivity index (χ0) is 18.2. The molecule has 1 aliphatic rings. The first kappa shape index (κ1) is 17.9. The maximum absolute atomic E-state index is 12.5. The lowest BCUT2D eigenvalue weighted by Crippen LogP contribution is -2.52. The Balaban J connectivity index is 1.47. The van der Waals surface area contributed by atoms with Crippen LogP contribution in [0.4, 0.5) is 4.79 Å². The number of piperidine rings is 1. The van der Waals surface area contributed by atoms with Gasteiger partial charge in [0.15, 0.2) is 0 Å². The van der Waals surface area contributed by atoms with Crippen molar-refractivity contribution in [1.82, 2.24) is 10.4 Å². The van der Waals surface area contributed by atoms with Gasteiger partial charge in [-0.3, -0.25) is 9.63 Å². The first-order chi connectivity index (χ1) is 12.7. The lowest BCUT2D eigenvalue weighted by atomic mass is 10.1. The first-order valence-electron chi connectivity index (χ1n) is 8.68. The molecule has 0 saturated carbocycles. The molecule has 0 aliphatic carbocycles. The van der Waals surface area contributed by atoms with Crippen molar-refractivity contribution in [3.05, 3.63) is 71.8 Å². The van der Waals surface area contributed by atoms with E-state index in [1.165, 1.54) is 5.06 Å². The number of amides is 2. The molecule has 3 rings (SSSR count). The van der Waals surface area contributed by atoms with Gasteiger partial charge >= 0.3 is 6.09 Å². The molecule has 0 radical (unpaired) electrons. The predicted octanol–water partition coefficient (Wildman–Crippen LogP) is 3.04. The van der Waals surface area contributed by atoms with Crippen molar-refractivity contribution >= 4 is 12.0 Å². The van der Waals surface area contributed by atoms with Crippen LogP contribution < -0.4 is 5.32 Å². The minimum absolute atomic E-state index is 0.168. The van der Waals surface area contributed by atoms with E-state index in [2.05, 4.69) is 5.32 Å². The van der Waals surface area contributed by atoms with E-state index in [9.17, 15) is 9.59 Å². The number of ether oxygens (including phenoxy) is 1. The largest absolute Gasteiger partial charge is 0.445 e. The van der Waals surface area contributed by atoms with Crippen LogP contribution >= 0.6 is 0 Å². The Morgan fingerprint density at radius 2 is 1.62 bits per heavy atom. The van der Waals surface area contributed by atoms with E-state index >= 15 is 0 Å². The number of benzene rings is 2. The van der Waals surface area contributed by atoms with Gasteiger partial charge in [-0.15, -0.1) is 0 Å². The van der Waals surface area contributed by atoms with Crippen LogP contribution in [-0.2, 0) is 27.6 Å². The van der Waals surface area contributed by atoms with Gasteiger partial charge in [-0.2, -0.15) is 0 Å². The smallest absolute Gasteiger partial charge is 0.408 e. The molecule has 136 valence electrons. The van der Waals surface area contributed by atoms with Gasteiger partial charge in [0.05, 0.1) is 0 Å². The Kier molecular flexibility index (Phi) is 6.22. The summed E-state index contributed by atoms with van der Waals surface area (Å²) in [5, 5.41) is 3.97. The van der Waals surface area contributed by atoms with E-state index < -0.39 is 12.1 Å². The van der Waals surface area contributed by atoms with Crippen molar-refractivity contribution in [2.45, 2.75) is 32.1 Å². The fourth-order valence-corrected chi connectivity index (χ4v) is 2.74. The minimum atomic E-state index is -0.622. The molecular formula is C20H22N2O4. The number of hydrogen-bond donors (Lipinski definition) is 1. The molecule has 2 aromatic carbocycles. The van der Waals surface area contributed by atoms with Crippen LogP contribution in [0.25, 0.3) is 0 Å². The van der Waals surface area contributed by atoms with Crippen molar-refractivity contribution in [1.29, 1.82) is 0 Å². The maximum atomic E-state index is 12.5. The van der Waals surface area contributed by atoms with E-state index in [0.717, 1.165) is 17.5 Å². The Morgan fingerprint density at radius 1 is 1.00 bits per heavy atom. The molecule has 6 nitrogen and oxygen atoms in total. The van der Waals surface area contributed by atoms with Crippen molar-refractivity contribution in [2.75, 3.05) is 6.54 Å². The predicted molar refractivity (Wildman–Crippen MR) is 95.7 cm³/mol. The summed E-state index contributed by atoms with van der Waals surface area (Å²) in [4.78, 5) is 30.1. The molecule has 6 heteroatoms. The normalized spacial score (nSPS) is 17.0. The third-order valence-corrected chi connectivity index (χ3v) is 4.13. The van der Waals surface area contributed by atoms with Gasteiger partial charge in [0.2, 0.25) is 0 Å². The standard InChI is InChI=1S/C20H22N2O4/c23-19-18(21-20(24)25-14-16-8-3-1-4-9-16)12-7-13-22(19)26-15-17-10-5-2-6-11-17/h1-6,8-11,18H,7,12-15H2,(H,21,24)/t18-/m1/s1. The fourth-order valence-electron chi connectivity index (χ4n) is 2.74. The monoisotopic (exact) mass is 354 g/mol. The summed E-state index contributed by atoms with van der Waals surface area (Å²) in [5.41, 5.74) is 1.88. The van der Waals surface area contributed by atoms with Gasteiger partial charge < -0.3 is 10.1 Å². The molecule has 0 spiro atoms. The molecule has 1 heterocycles. The average molecular weight is 354 g/mol.